The number of halogens is 6. The molecule has 0 heterocycles. The van der Waals surface area contributed by atoms with Crippen molar-refractivity contribution in [2.24, 2.45) is 0 Å². The van der Waals surface area contributed by atoms with Crippen LogP contribution in [0.5, 0.6) is 0 Å². The molecule has 0 fully saturated rings. The molecule has 2 N–H and O–H groups in total. The van der Waals surface area contributed by atoms with Gasteiger partial charge < -0.3 is 24.8 Å². The van der Waals surface area contributed by atoms with E-state index in [1.807, 2.05) is 48.5 Å². The minimum Gasteiger partial charge on any atom is -0.480 e. The van der Waals surface area contributed by atoms with Gasteiger partial charge in [-0.25, -0.2) is 14.4 Å². The third-order valence-corrected chi connectivity index (χ3v) is 7.29. The Morgan fingerprint density at radius 2 is 1.36 bits per heavy atom. The first-order valence-electron chi connectivity index (χ1n) is 14.4. The summed E-state index contributed by atoms with van der Waals surface area (Å²) in [6, 6.07) is 14.4. The third kappa shape index (κ3) is 8.95. The highest BCUT2D eigenvalue weighted by atomic mass is 19.4. The van der Waals surface area contributed by atoms with Crippen molar-refractivity contribution < 1.29 is 55.3 Å². The standard InChI is InChI=1S/C33H32F6N2O6/c1-31(2,3)47-30(45)41(17-19-14-20(32(34,35)36)16-21(15-19)33(37,38)39)13-12-27(28(42)43)40-29(44)46-18-26-24-10-6-4-8-22(24)23-9-5-7-11-25(23)26/h4-11,14-16,26-27H,12-13,17-18H2,1-3H3,(H,40,44)(H,42,43). The number of rotatable bonds is 9. The van der Waals surface area contributed by atoms with Crippen molar-refractivity contribution in [2.75, 3.05) is 13.2 Å². The number of nitrogens with zero attached hydrogens (tertiary/aromatic N) is 1. The highest BCUT2D eigenvalue weighted by molar-refractivity contribution is 5.81. The fraction of sp³-hybridized carbons (Fsp3) is 0.364. The number of ether oxygens (including phenoxy) is 2. The summed E-state index contributed by atoms with van der Waals surface area (Å²) in [6.07, 6.45) is -12.9. The molecular weight excluding hydrogens is 634 g/mol. The lowest BCUT2D eigenvalue weighted by atomic mass is 9.98. The Morgan fingerprint density at radius 1 is 0.851 bits per heavy atom. The number of carbonyl (C=O) groups is 3. The van der Waals surface area contributed by atoms with Crippen LogP contribution >= 0.6 is 0 Å². The summed E-state index contributed by atoms with van der Waals surface area (Å²) < 4.78 is 91.3. The summed E-state index contributed by atoms with van der Waals surface area (Å²) >= 11 is 0. The Bertz CT molecular complexity index is 1560. The monoisotopic (exact) mass is 666 g/mol. The van der Waals surface area contributed by atoms with Crippen LogP contribution in [0.15, 0.2) is 66.7 Å². The lowest BCUT2D eigenvalue weighted by Crippen LogP contribution is -2.45. The van der Waals surface area contributed by atoms with E-state index in [9.17, 15) is 45.8 Å². The highest BCUT2D eigenvalue weighted by Crippen LogP contribution is 2.44. The lowest BCUT2D eigenvalue weighted by molar-refractivity contribution is -0.143. The maximum absolute atomic E-state index is 13.4. The number of carboxylic acid groups (broad SMARTS) is 1. The number of amides is 2. The van der Waals surface area contributed by atoms with Crippen molar-refractivity contribution in [3.63, 3.8) is 0 Å². The summed E-state index contributed by atoms with van der Waals surface area (Å²) in [6.45, 7) is 3.06. The molecule has 1 aliphatic carbocycles. The molecule has 0 saturated carbocycles. The molecule has 1 aliphatic rings. The Morgan fingerprint density at radius 3 is 1.83 bits per heavy atom. The molecule has 1 unspecified atom stereocenters. The van der Waals surface area contributed by atoms with Crippen LogP contribution in [-0.4, -0.2) is 53.0 Å². The summed E-state index contributed by atoms with van der Waals surface area (Å²) in [5.41, 5.74) is -0.976. The van der Waals surface area contributed by atoms with E-state index in [2.05, 4.69) is 5.32 Å². The van der Waals surface area contributed by atoms with Gasteiger partial charge in [-0.15, -0.1) is 0 Å². The van der Waals surface area contributed by atoms with Crippen molar-refractivity contribution in [3.8, 4) is 11.1 Å². The molecule has 3 aromatic carbocycles. The van der Waals surface area contributed by atoms with Crippen molar-refractivity contribution in [2.45, 2.75) is 63.7 Å². The predicted molar refractivity (Wildman–Crippen MR) is 157 cm³/mol. The van der Waals surface area contributed by atoms with E-state index in [1.54, 1.807) is 0 Å². The second kappa shape index (κ2) is 13.5. The average Bonchev–Trinajstić information content (AvgIpc) is 3.29. The molecule has 47 heavy (non-hydrogen) atoms. The summed E-state index contributed by atoms with van der Waals surface area (Å²) in [4.78, 5) is 38.5. The number of carbonyl (C=O) groups excluding carboxylic acids is 2. The van der Waals surface area contributed by atoms with Crippen molar-refractivity contribution in [3.05, 3.63) is 94.5 Å². The summed E-state index contributed by atoms with van der Waals surface area (Å²) in [7, 11) is 0. The molecule has 2 amide bonds. The molecule has 1 atom stereocenters. The van der Waals surface area contributed by atoms with E-state index >= 15 is 0 Å². The van der Waals surface area contributed by atoms with Gasteiger partial charge >= 0.3 is 30.5 Å². The number of aliphatic carboxylic acids is 1. The molecule has 0 radical (unpaired) electrons. The van der Waals surface area contributed by atoms with Gasteiger partial charge in [0.05, 0.1) is 11.1 Å². The smallest absolute Gasteiger partial charge is 0.416 e. The second-order valence-electron chi connectivity index (χ2n) is 12.0. The molecule has 14 heteroatoms. The Hall–Kier alpha value is -4.75. The first-order valence-corrected chi connectivity index (χ1v) is 14.4. The van der Waals surface area contributed by atoms with Crippen molar-refractivity contribution >= 4 is 18.2 Å². The van der Waals surface area contributed by atoms with Crippen LogP contribution in [0, 0.1) is 0 Å². The third-order valence-electron chi connectivity index (χ3n) is 7.29. The zero-order chi connectivity index (χ0) is 34.7. The molecule has 252 valence electrons. The predicted octanol–water partition coefficient (Wildman–Crippen LogP) is 7.84. The van der Waals surface area contributed by atoms with Crippen LogP contribution in [0.2, 0.25) is 0 Å². The Kier molecular flexibility index (Phi) is 10.1. The minimum absolute atomic E-state index is 0.0416. The van der Waals surface area contributed by atoms with Crippen LogP contribution < -0.4 is 5.32 Å². The molecule has 0 aromatic heterocycles. The van der Waals surface area contributed by atoms with Gasteiger partial charge in [0.25, 0.3) is 0 Å². The fourth-order valence-electron chi connectivity index (χ4n) is 5.22. The summed E-state index contributed by atoms with van der Waals surface area (Å²) in [5, 5.41) is 12.0. The Labute approximate surface area is 266 Å². The quantitative estimate of drug-likeness (QED) is 0.226. The maximum atomic E-state index is 13.4. The molecule has 0 saturated heterocycles. The summed E-state index contributed by atoms with van der Waals surface area (Å²) in [5.74, 6) is -1.82. The molecule has 0 bridgehead atoms. The van der Waals surface area contributed by atoms with E-state index in [0.29, 0.717) is 12.1 Å². The van der Waals surface area contributed by atoms with Gasteiger partial charge in [0.1, 0.15) is 18.2 Å². The van der Waals surface area contributed by atoms with Gasteiger partial charge in [-0.3, -0.25) is 0 Å². The van der Waals surface area contributed by atoms with Gasteiger partial charge in [0.15, 0.2) is 0 Å². The number of alkyl halides is 6. The van der Waals surface area contributed by atoms with Gasteiger partial charge in [0.2, 0.25) is 0 Å². The number of fused-ring (bicyclic) bond motifs is 3. The first-order chi connectivity index (χ1) is 21.8. The van der Waals surface area contributed by atoms with Gasteiger partial charge in [-0.05, 0) is 73.2 Å². The normalized spacial score (nSPS) is 13.7. The molecular formula is C33H32F6N2O6. The highest BCUT2D eigenvalue weighted by Gasteiger charge is 2.37. The van der Waals surface area contributed by atoms with Crippen molar-refractivity contribution in [1.82, 2.24) is 10.2 Å². The van der Waals surface area contributed by atoms with Crippen LogP contribution in [-0.2, 0) is 33.2 Å². The SMILES string of the molecule is CC(C)(C)OC(=O)N(CCC(NC(=O)OCC1c2ccccc2-c2ccccc21)C(=O)O)Cc1cc(C(F)(F)F)cc(C(F)(F)F)c1. The van der Waals surface area contributed by atoms with Crippen LogP contribution in [0.1, 0.15) is 60.9 Å². The van der Waals surface area contributed by atoms with E-state index < -0.39 is 78.4 Å². The van der Waals surface area contributed by atoms with Gasteiger partial charge in [0, 0.05) is 19.0 Å². The van der Waals surface area contributed by atoms with E-state index in [4.69, 9.17) is 9.47 Å². The molecule has 3 aromatic rings. The maximum Gasteiger partial charge on any atom is 0.416 e. The number of carboxylic acids is 1. The number of benzene rings is 3. The van der Waals surface area contributed by atoms with E-state index in [0.717, 1.165) is 27.2 Å². The van der Waals surface area contributed by atoms with E-state index in [1.165, 1.54) is 20.8 Å². The molecule has 0 spiro atoms. The van der Waals surface area contributed by atoms with Crippen LogP contribution in [0.4, 0.5) is 35.9 Å². The topological polar surface area (TPSA) is 105 Å². The molecule has 8 nitrogen and oxygen atoms in total. The zero-order valence-electron chi connectivity index (χ0n) is 25.5. The Balaban J connectivity index is 1.48. The number of alkyl carbamates (subject to hydrolysis) is 1. The first kappa shape index (κ1) is 35.1. The number of nitrogens with one attached hydrogen (secondary N) is 1. The lowest BCUT2D eigenvalue weighted by Gasteiger charge is -2.29. The molecule has 4 rings (SSSR count). The second-order valence-corrected chi connectivity index (χ2v) is 12.0. The number of hydrogen-bond acceptors (Lipinski definition) is 5. The number of hydrogen-bond donors (Lipinski definition) is 2. The van der Waals surface area contributed by atoms with Gasteiger partial charge in [-0.2, -0.15) is 26.3 Å². The average molecular weight is 667 g/mol. The van der Waals surface area contributed by atoms with Crippen LogP contribution in [0.25, 0.3) is 11.1 Å². The molecule has 0 aliphatic heterocycles. The largest absolute Gasteiger partial charge is 0.480 e. The van der Waals surface area contributed by atoms with Gasteiger partial charge in [-0.1, -0.05) is 48.5 Å². The van der Waals surface area contributed by atoms with E-state index in [-0.39, 0.29) is 18.6 Å². The van der Waals surface area contributed by atoms with Crippen molar-refractivity contribution in [1.29, 1.82) is 0 Å². The van der Waals surface area contributed by atoms with Crippen LogP contribution in [0.3, 0.4) is 0 Å². The zero-order valence-corrected chi connectivity index (χ0v) is 25.5. The minimum atomic E-state index is -5.12. The fourth-order valence-corrected chi connectivity index (χ4v) is 5.22.